The first-order valence-electron chi connectivity index (χ1n) is 11.3. The van der Waals surface area contributed by atoms with Gasteiger partial charge in [0.25, 0.3) is 5.91 Å². The highest BCUT2D eigenvalue weighted by Gasteiger charge is 2.20. The maximum Gasteiger partial charge on any atom is 0.325 e. The van der Waals surface area contributed by atoms with E-state index in [1.165, 1.54) is 33.5 Å². The highest BCUT2D eigenvalue weighted by atomic mass is 16.5. The monoisotopic (exact) mass is 494 g/mol. The quantitative estimate of drug-likeness (QED) is 0.322. The number of nitrogens with zero attached hydrogens (tertiary/aromatic N) is 1. The summed E-state index contributed by atoms with van der Waals surface area (Å²) in [7, 11) is 4.33. The van der Waals surface area contributed by atoms with E-state index in [9.17, 15) is 14.4 Å². The summed E-state index contributed by atoms with van der Waals surface area (Å²) in [5.41, 5.74) is 3.56. The van der Waals surface area contributed by atoms with Gasteiger partial charge >= 0.3 is 5.97 Å². The molecule has 0 saturated heterocycles. The van der Waals surface area contributed by atoms with Crippen molar-refractivity contribution >= 4 is 17.7 Å². The molecule has 3 aromatic rings. The normalized spacial score (nSPS) is 10.5. The largest absolute Gasteiger partial charge is 0.493 e. The van der Waals surface area contributed by atoms with Crippen LogP contribution in [-0.4, -0.2) is 56.7 Å². The summed E-state index contributed by atoms with van der Waals surface area (Å²) in [5, 5.41) is 2.47. The Morgan fingerprint density at radius 1 is 0.889 bits per heavy atom. The van der Waals surface area contributed by atoms with E-state index < -0.39 is 25.0 Å². The number of esters is 1. The average molecular weight is 495 g/mol. The third kappa shape index (κ3) is 6.04. The molecule has 0 fully saturated rings. The average Bonchev–Trinajstić information content (AvgIpc) is 3.18. The van der Waals surface area contributed by atoms with Crippen LogP contribution in [-0.2, 0) is 16.1 Å². The second kappa shape index (κ2) is 11.9. The Labute approximate surface area is 209 Å². The Hall–Kier alpha value is -4.27. The van der Waals surface area contributed by atoms with Gasteiger partial charge in [-0.1, -0.05) is 30.3 Å². The minimum absolute atomic E-state index is 0.208. The van der Waals surface area contributed by atoms with E-state index in [2.05, 4.69) is 5.32 Å². The lowest BCUT2D eigenvalue weighted by atomic mass is 10.1. The third-order valence-corrected chi connectivity index (χ3v) is 5.74. The van der Waals surface area contributed by atoms with Crippen molar-refractivity contribution in [2.75, 3.05) is 34.5 Å². The minimum Gasteiger partial charge on any atom is -0.493 e. The van der Waals surface area contributed by atoms with Gasteiger partial charge < -0.3 is 28.8 Å². The summed E-state index contributed by atoms with van der Waals surface area (Å²) < 4.78 is 22.9. The van der Waals surface area contributed by atoms with E-state index in [4.69, 9.17) is 18.9 Å². The van der Waals surface area contributed by atoms with Crippen molar-refractivity contribution in [2.45, 2.75) is 20.4 Å². The molecule has 0 spiro atoms. The highest BCUT2D eigenvalue weighted by molar-refractivity contribution is 6.00. The molecule has 36 heavy (non-hydrogen) atoms. The predicted molar refractivity (Wildman–Crippen MR) is 133 cm³/mol. The molecular weight excluding hydrogens is 464 g/mol. The van der Waals surface area contributed by atoms with Crippen LogP contribution in [0.5, 0.6) is 17.2 Å². The van der Waals surface area contributed by atoms with Gasteiger partial charge in [-0.15, -0.1) is 0 Å². The van der Waals surface area contributed by atoms with Crippen LogP contribution in [0.15, 0.2) is 48.5 Å². The predicted octanol–water partition coefficient (Wildman–Crippen LogP) is 3.33. The smallest absolute Gasteiger partial charge is 0.325 e. The van der Waals surface area contributed by atoms with Gasteiger partial charge in [-0.05, 0) is 37.6 Å². The molecule has 1 heterocycles. The van der Waals surface area contributed by atoms with Crippen molar-refractivity contribution in [1.29, 1.82) is 0 Å². The first-order valence-corrected chi connectivity index (χ1v) is 11.3. The summed E-state index contributed by atoms with van der Waals surface area (Å²) in [6.45, 7) is 3.60. The number of ketones is 1. The van der Waals surface area contributed by atoms with Crippen molar-refractivity contribution in [2.24, 2.45) is 0 Å². The van der Waals surface area contributed by atoms with Gasteiger partial charge in [0.1, 0.15) is 6.54 Å². The molecule has 0 unspecified atom stereocenters. The molecule has 190 valence electrons. The third-order valence-electron chi connectivity index (χ3n) is 5.74. The molecule has 0 saturated carbocycles. The lowest BCUT2D eigenvalue weighted by Gasteiger charge is -2.14. The van der Waals surface area contributed by atoms with Gasteiger partial charge in [0.05, 0.1) is 21.3 Å². The van der Waals surface area contributed by atoms with Gasteiger partial charge in [0.15, 0.2) is 18.1 Å². The van der Waals surface area contributed by atoms with Crippen LogP contribution < -0.4 is 19.5 Å². The second-order valence-electron chi connectivity index (χ2n) is 8.04. The first-order chi connectivity index (χ1) is 17.3. The van der Waals surface area contributed by atoms with Gasteiger partial charge in [-0.3, -0.25) is 14.4 Å². The molecule has 0 atom stereocenters. The van der Waals surface area contributed by atoms with E-state index >= 15 is 0 Å². The second-order valence-corrected chi connectivity index (χ2v) is 8.04. The number of Topliss-reactive ketones (excluding diaryl/α,β-unsaturated/α-hetero) is 1. The number of carbonyl (C=O) groups is 3. The van der Waals surface area contributed by atoms with Crippen molar-refractivity contribution in [3.63, 3.8) is 0 Å². The van der Waals surface area contributed by atoms with Gasteiger partial charge in [0, 0.05) is 29.1 Å². The SMILES string of the molecule is COc1cc(C(=O)NCC(=O)OCC(=O)c2cc(C)n(Cc3ccccc3)c2C)cc(OC)c1OC. The van der Waals surface area contributed by atoms with Gasteiger partial charge in [-0.2, -0.15) is 0 Å². The molecule has 3 rings (SSSR count). The summed E-state index contributed by atoms with van der Waals surface area (Å²) in [6.07, 6.45) is 0. The summed E-state index contributed by atoms with van der Waals surface area (Å²) in [6, 6.07) is 14.7. The maximum atomic E-state index is 12.7. The minimum atomic E-state index is -0.734. The molecule has 9 nitrogen and oxygen atoms in total. The Morgan fingerprint density at radius 2 is 1.53 bits per heavy atom. The number of amides is 1. The molecule has 0 aliphatic rings. The first kappa shape index (κ1) is 26.3. The van der Waals surface area contributed by atoms with Crippen molar-refractivity contribution in [3.05, 3.63) is 76.6 Å². The topological polar surface area (TPSA) is 105 Å². The van der Waals surface area contributed by atoms with Crippen molar-refractivity contribution in [1.82, 2.24) is 9.88 Å². The molecular formula is C27H30N2O7. The van der Waals surface area contributed by atoms with E-state index in [-0.39, 0.29) is 11.3 Å². The van der Waals surface area contributed by atoms with Crippen LogP contribution in [0, 0.1) is 13.8 Å². The fourth-order valence-electron chi connectivity index (χ4n) is 3.83. The molecule has 2 aromatic carbocycles. The summed E-state index contributed by atoms with van der Waals surface area (Å²) in [5.74, 6) is -0.631. The number of rotatable bonds is 11. The lowest BCUT2D eigenvalue weighted by Crippen LogP contribution is -2.31. The number of ether oxygens (including phenoxy) is 4. The summed E-state index contributed by atoms with van der Waals surface area (Å²) in [4.78, 5) is 37.5. The van der Waals surface area contributed by atoms with Crippen LogP contribution >= 0.6 is 0 Å². The molecule has 1 amide bonds. The molecule has 0 aliphatic carbocycles. The van der Waals surface area contributed by atoms with Crippen LogP contribution in [0.2, 0.25) is 0 Å². The van der Waals surface area contributed by atoms with Crippen LogP contribution in [0.3, 0.4) is 0 Å². The number of aromatic nitrogens is 1. The van der Waals surface area contributed by atoms with Crippen molar-refractivity contribution in [3.8, 4) is 17.2 Å². The van der Waals surface area contributed by atoms with Gasteiger partial charge in [-0.25, -0.2) is 0 Å². The summed E-state index contributed by atoms with van der Waals surface area (Å²) >= 11 is 0. The van der Waals surface area contributed by atoms with Gasteiger partial charge in [0.2, 0.25) is 11.5 Å². The molecule has 1 aromatic heterocycles. The van der Waals surface area contributed by atoms with Crippen LogP contribution in [0.1, 0.15) is 37.7 Å². The fraction of sp³-hybridized carbons (Fsp3) is 0.296. The molecule has 9 heteroatoms. The van der Waals surface area contributed by atoms with E-state index in [0.717, 1.165) is 17.0 Å². The zero-order chi connectivity index (χ0) is 26.2. The van der Waals surface area contributed by atoms with Crippen molar-refractivity contribution < 1.29 is 33.3 Å². The Balaban J connectivity index is 1.57. The number of hydrogen-bond acceptors (Lipinski definition) is 7. The van der Waals surface area contributed by atoms with E-state index in [1.807, 2.05) is 48.7 Å². The maximum absolute atomic E-state index is 12.7. The Morgan fingerprint density at radius 3 is 2.11 bits per heavy atom. The standard InChI is InChI=1S/C27H30N2O7/c1-17-11-21(18(2)29(17)15-19-9-7-6-8-10-19)22(30)16-36-25(31)14-28-27(32)20-12-23(33-3)26(35-5)24(13-20)34-4/h6-13H,14-16H2,1-5H3,(H,28,32). The Kier molecular flexibility index (Phi) is 8.72. The zero-order valence-corrected chi connectivity index (χ0v) is 21.0. The number of aryl methyl sites for hydroxylation is 1. The van der Waals surface area contributed by atoms with Crippen LogP contribution in [0.4, 0.5) is 0 Å². The molecule has 1 N–H and O–H groups in total. The molecule has 0 aliphatic heterocycles. The van der Waals surface area contributed by atoms with Crippen LogP contribution in [0.25, 0.3) is 0 Å². The number of hydrogen-bond donors (Lipinski definition) is 1. The number of carbonyl (C=O) groups excluding carboxylic acids is 3. The zero-order valence-electron chi connectivity index (χ0n) is 21.0. The fourth-order valence-corrected chi connectivity index (χ4v) is 3.83. The number of benzene rings is 2. The molecule has 0 bridgehead atoms. The number of methoxy groups -OCH3 is 3. The highest BCUT2D eigenvalue weighted by Crippen LogP contribution is 2.38. The van der Waals surface area contributed by atoms with E-state index in [1.54, 1.807) is 6.07 Å². The Bertz CT molecular complexity index is 1220. The lowest BCUT2D eigenvalue weighted by molar-refractivity contribution is -0.141. The number of nitrogens with one attached hydrogen (secondary N) is 1. The van der Waals surface area contributed by atoms with E-state index in [0.29, 0.717) is 29.4 Å². The molecule has 0 radical (unpaired) electrons.